The van der Waals surface area contributed by atoms with Gasteiger partial charge in [0.05, 0.1) is 7.11 Å². The molecule has 1 aromatic heterocycles. The van der Waals surface area contributed by atoms with E-state index in [1.807, 2.05) is 23.5 Å². The van der Waals surface area contributed by atoms with Crippen LogP contribution in [0.1, 0.15) is 42.8 Å². The molecule has 0 saturated heterocycles. The molecule has 3 heteroatoms. The maximum atomic E-state index is 5.43. The maximum absolute atomic E-state index is 5.43. The van der Waals surface area contributed by atoms with E-state index in [0.29, 0.717) is 6.04 Å². The van der Waals surface area contributed by atoms with Gasteiger partial charge in [0.1, 0.15) is 5.75 Å². The minimum Gasteiger partial charge on any atom is -0.496 e. The number of rotatable bonds is 6. The monoisotopic (exact) mass is 275 g/mol. The summed E-state index contributed by atoms with van der Waals surface area (Å²) >= 11 is 1.81. The van der Waals surface area contributed by atoms with Gasteiger partial charge in [-0.1, -0.05) is 31.2 Å². The van der Waals surface area contributed by atoms with Crippen LogP contribution in [0, 0.1) is 0 Å². The standard InChI is InChI=1S/C16H21NOS/c1-4-14(16-10-7-11-19-16)17-12(2)13-8-5-6-9-15(13)18-3/h5-12,14,17H,4H2,1-3H3/t12-,14?/m0/s1. The van der Waals surface area contributed by atoms with Crippen molar-refractivity contribution in [3.63, 3.8) is 0 Å². The first kappa shape index (κ1) is 14.1. The Bertz CT molecular complexity index is 495. The Morgan fingerprint density at radius 2 is 2.00 bits per heavy atom. The van der Waals surface area contributed by atoms with Crippen LogP contribution in [-0.2, 0) is 0 Å². The Morgan fingerprint density at radius 1 is 1.21 bits per heavy atom. The van der Waals surface area contributed by atoms with Crippen molar-refractivity contribution in [1.29, 1.82) is 0 Å². The molecule has 1 N–H and O–H groups in total. The zero-order chi connectivity index (χ0) is 13.7. The molecule has 2 nitrogen and oxygen atoms in total. The fraction of sp³-hybridized carbons (Fsp3) is 0.375. The highest BCUT2D eigenvalue weighted by molar-refractivity contribution is 7.10. The number of thiophene rings is 1. The van der Waals surface area contributed by atoms with Gasteiger partial charge in [0.15, 0.2) is 0 Å². The van der Waals surface area contributed by atoms with Gasteiger partial charge in [0, 0.05) is 22.5 Å². The lowest BCUT2D eigenvalue weighted by molar-refractivity contribution is 0.393. The number of benzene rings is 1. The number of para-hydroxylation sites is 1. The van der Waals surface area contributed by atoms with E-state index in [9.17, 15) is 0 Å². The first-order valence-electron chi connectivity index (χ1n) is 6.68. The molecule has 0 fully saturated rings. The van der Waals surface area contributed by atoms with E-state index in [1.165, 1.54) is 10.4 Å². The molecule has 0 radical (unpaired) electrons. The predicted octanol–water partition coefficient (Wildman–Crippen LogP) is 4.56. The minimum atomic E-state index is 0.267. The Labute approximate surface area is 119 Å². The summed E-state index contributed by atoms with van der Waals surface area (Å²) in [6.45, 7) is 4.40. The fourth-order valence-corrected chi connectivity index (χ4v) is 3.18. The van der Waals surface area contributed by atoms with Crippen LogP contribution in [0.5, 0.6) is 5.75 Å². The van der Waals surface area contributed by atoms with Crippen molar-refractivity contribution >= 4 is 11.3 Å². The van der Waals surface area contributed by atoms with Gasteiger partial charge in [-0.15, -0.1) is 11.3 Å². The van der Waals surface area contributed by atoms with Crippen molar-refractivity contribution < 1.29 is 4.74 Å². The summed E-state index contributed by atoms with van der Waals surface area (Å²) in [6.07, 6.45) is 1.08. The van der Waals surface area contributed by atoms with Crippen LogP contribution in [0.4, 0.5) is 0 Å². The van der Waals surface area contributed by atoms with Crippen LogP contribution >= 0.6 is 11.3 Å². The second kappa shape index (κ2) is 6.73. The zero-order valence-corrected chi connectivity index (χ0v) is 12.5. The SMILES string of the molecule is CCC(N[C@@H](C)c1ccccc1OC)c1cccs1. The molecule has 0 amide bonds. The molecule has 2 aromatic rings. The van der Waals surface area contributed by atoms with Gasteiger partial charge in [-0.3, -0.25) is 0 Å². The Kier molecular flexibility index (Phi) is 5.00. The second-order valence-electron chi connectivity index (χ2n) is 4.61. The van der Waals surface area contributed by atoms with Gasteiger partial charge in [0.2, 0.25) is 0 Å². The number of nitrogens with one attached hydrogen (secondary N) is 1. The molecule has 0 spiro atoms. The number of methoxy groups -OCH3 is 1. The van der Waals surface area contributed by atoms with E-state index in [1.54, 1.807) is 7.11 Å². The molecule has 1 heterocycles. The molecular weight excluding hydrogens is 254 g/mol. The highest BCUT2D eigenvalue weighted by Crippen LogP contribution is 2.29. The van der Waals surface area contributed by atoms with Gasteiger partial charge in [0.25, 0.3) is 0 Å². The molecule has 0 aliphatic heterocycles. The highest BCUT2D eigenvalue weighted by atomic mass is 32.1. The summed E-state index contributed by atoms with van der Waals surface area (Å²) < 4.78 is 5.43. The first-order chi connectivity index (χ1) is 9.26. The van der Waals surface area contributed by atoms with Gasteiger partial charge in [-0.2, -0.15) is 0 Å². The van der Waals surface area contributed by atoms with Crippen LogP contribution in [0.15, 0.2) is 41.8 Å². The van der Waals surface area contributed by atoms with Crippen molar-refractivity contribution in [3.05, 3.63) is 52.2 Å². The van der Waals surface area contributed by atoms with E-state index in [4.69, 9.17) is 4.74 Å². The predicted molar refractivity (Wildman–Crippen MR) is 81.9 cm³/mol. The molecule has 0 aliphatic rings. The lowest BCUT2D eigenvalue weighted by atomic mass is 10.0. The molecule has 0 aliphatic carbocycles. The van der Waals surface area contributed by atoms with Gasteiger partial charge < -0.3 is 10.1 Å². The van der Waals surface area contributed by atoms with Crippen LogP contribution in [-0.4, -0.2) is 7.11 Å². The third kappa shape index (κ3) is 3.37. The summed E-state index contributed by atoms with van der Waals surface area (Å²) in [5, 5.41) is 5.82. The smallest absolute Gasteiger partial charge is 0.123 e. The molecule has 2 atom stereocenters. The van der Waals surface area contributed by atoms with Crippen molar-refractivity contribution in [2.45, 2.75) is 32.4 Å². The molecule has 19 heavy (non-hydrogen) atoms. The Morgan fingerprint density at radius 3 is 2.63 bits per heavy atom. The van der Waals surface area contributed by atoms with Crippen molar-refractivity contribution in [2.24, 2.45) is 0 Å². The van der Waals surface area contributed by atoms with E-state index < -0.39 is 0 Å². The summed E-state index contributed by atoms with van der Waals surface area (Å²) in [5.74, 6) is 0.948. The molecule has 1 unspecified atom stereocenters. The van der Waals surface area contributed by atoms with Crippen LogP contribution in [0.25, 0.3) is 0 Å². The molecule has 102 valence electrons. The first-order valence-corrected chi connectivity index (χ1v) is 7.56. The molecule has 2 rings (SSSR count). The van der Waals surface area contributed by atoms with Gasteiger partial charge >= 0.3 is 0 Å². The lowest BCUT2D eigenvalue weighted by Crippen LogP contribution is -2.23. The maximum Gasteiger partial charge on any atom is 0.123 e. The largest absolute Gasteiger partial charge is 0.496 e. The molecule has 1 aromatic carbocycles. The van der Waals surface area contributed by atoms with Crippen molar-refractivity contribution in [3.8, 4) is 5.75 Å². The van der Waals surface area contributed by atoms with Gasteiger partial charge in [-0.25, -0.2) is 0 Å². The third-order valence-electron chi connectivity index (χ3n) is 3.35. The fourth-order valence-electron chi connectivity index (χ4n) is 2.31. The summed E-state index contributed by atoms with van der Waals surface area (Å²) in [5.41, 5.74) is 1.21. The number of ether oxygens (including phenoxy) is 1. The topological polar surface area (TPSA) is 21.3 Å². The average Bonchev–Trinajstić information content (AvgIpc) is 2.98. The Hall–Kier alpha value is -1.32. The Balaban J connectivity index is 2.13. The quantitative estimate of drug-likeness (QED) is 0.834. The van der Waals surface area contributed by atoms with Gasteiger partial charge in [-0.05, 0) is 30.9 Å². The van der Waals surface area contributed by atoms with Crippen molar-refractivity contribution in [1.82, 2.24) is 5.32 Å². The number of hydrogen-bond acceptors (Lipinski definition) is 3. The molecule has 0 bridgehead atoms. The molecular formula is C16H21NOS. The van der Waals surface area contributed by atoms with E-state index in [0.717, 1.165) is 12.2 Å². The van der Waals surface area contributed by atoms with E-state index in [2.05, 4.69) is 48.8 Å². The average molecular weight is 275 g/mol. The highest BCUT2D eigenvalue weighted by Gasteiger charge is 2.16. The van der Waals surface area contributed by atoms with Crippen LogP contribution in [0.2, 0.25) is 0 Å². The van der Waals surface area contributed by atoms with Crippen LogP contribution < -0.4 is 10.1 Å². The second-order valence-corrected chi connectivity index (χ2v) is 5.59. The zero-order valence-electron chi connectivity index (χ0n) is 11.7. The number of hydrogen-bond donors (Lipinski definition) is 1. The van der Waals surface area contributed by atoms with E-state index >= 15 is 0 Å². The third-order valence-corrected chi connectivity index (χ3v) is 4.34. The normalized spacial score (nSPS) is 14.1. The van der Waals surface area contributed by atoms with Crippen LogP contribution in [0.3, 0.4) is 0 Å². The summed E-state index contributed by atoms with van der Waals surface area (Å²) in [7, 11) is 1.72. The summed E-state index contributed by atoms with van der Waals surface area (Å²) in [6, 6.07) is 13.2. The minimum absolute atomic E-state index is 0.267. The molecule has 0 saturated carbocycles. The van der Waals surface area contributed by atoms with E-state index in [-0.39, 0.29) is 6.04 Å². The summed E-state index contributed by atoms with van der Waals surface area (Å²) in [4.78, 5) is 1.39. The lowest BCUT2D eigenvalue weighted by Gasteiger charge is -2.23. The van der Waals surface area contributed by atoms with Crippen molar-refractivity contribution in [2.75, 3.05) is 7.11 Å².